The van der Waals surface area contributed by atoms with Crippen LogP contribution in [-0.4, -0.2) is 40.3 Å². The molecule has 1 aliphatic rings. The third kappa shape index (κ3) is 5.79. The molecule has 0 bridgehead atoms. The van der Waals surface area contributed by atoms with Gasteiger partial charge in [-0.05, 0) is 32.8 Å². The van der Waals surface area contributed by atoms with Gasteiger partial charge in [0, 0.05) is 18.3 Å². The highest BCUT2D eigenvalue weighted by Gasteiger charge is 2.32. The Balaban J connectivity index is 3.24. The third-order valence-corrected chi connectivity index (χ3v) is 4.92. The summed E-state index contributed by atoms with van der Waals surface area (Å²) in [6.45, 7) is 10.9. The average Bonchev–Trinajstić information content (AvgIpc) is 2.55. The molecule has 142 valence electrons. The predicted octanol–water partition coefficient (Wildman–Crippen LogP) is 2.80. The average molecular weight is 352 g/mol. The van der Waals surface area contributed by atoms with Crippen molar-refractivity contribution in [3.8, 4) is 0 Å². The fraction of sp³-hybridized carbons (Fsp3) is 0.700. The van der Waals surface area contributed by atoms with Crippen molar-refractivity contribution in [3.05, 3.63) is 23.3 Å². The largest absolute Gasteiger partial charge is 0.461 e. The number of rotatable bonds is 1. The van der Waals surface area contributed by atoms with Crippen molar-refractivity contribution in [1.82, 2.24) is 0 Å². The topological polar surface area (TPSA) is 83.8 Å². The zero-order valence-corrected chi connectivity index (χ0v) is 16.2. The zero-order chi connectivity index (χ0) is 19.3. The molecule has 0 amide bonds. The Labute approximate surface area is 150 Å². The van der Waals surface area contributed by atoms with Crippen LogP contribution >= 0.6 is 0 Å². The fourth-order valence-corrected chi connectivity index (χ4v) is 3.24. The quantitative estimate of drug-likeness (QED) is 0.560. The lowest BCUT2D eigenvalue weighted by Crippen LogP contribution is -2.37. The van der Waals surface area contributed by atoms with Crippen molar-refractivity contribution in [3.63, 3.8) is 0 Å². The van der Waals surface area contributed by atoms with Crippen LogP contribution in [0, 0.1) is 17.8 Å². The number of hydrogen-bond donors (Lipinski definition) is 2. The van der Waals surface area contributed by atoms with Crippen molar-refractivity contribution in [2.45, 2.75) is 72.7 Å². The first-order chi connectivity index (χ1) is 11.6. The van der Waals surface area contributed by atoms with Crippen molar-refractivity contribution in [2.75, 3.05) is 0 Å². The molecule has 0 radical (unpaired) electrons. The summed E-state index contributed by atoms with van der Waals surface area (Å²) < 4.78 is 5.53. The molecule has 1 aliphatic heterocycles. The van der Waals surface area contributed by atoms with E-state index in [0.29, 0.717) is 6.42 Å². The maximum atomic E-state index is 12.3. The maximum Gasteiger partial charge on any atom is 0.312 e. The van der Waals surface area contributed by atoms with Gasteiger partial charge in [0.2, 0.25) is 0 Å². The molecule has 0 aliphatic carbocycles. The molecule has 1 rings (SSSR count). The molecular weight excluding hydrogens is 320 g/mol. The first-order valence-electron chi connectivity index (χ1n) is 9.03. The minimum Gasteiger partial charge on any atom is -0.461 e. The summed E-state index contributed by atoms with van der Waals surface area (Å²) in [7, 11) is 0. The van der Waals surface area contributed by atoms with E-state index in [1.807, 2.05) is 39.8 Å². The van der Waals surface area contributed by atoms with Crippen LogP contribution in [0.25, 0.3) is 0 Å². The van der Waals surface area contributed by atoms with E-state index in [2.05, 4.69) is 0 Å². The Hall–Kier alpha value is -1.46. The number of aliphatic hydroxyl groups is 2. The number of carbonyl (C=O) groups is 2. The minimum absolute atomic E-state index is 0.0478. The van der Waals surface area contributed by atoms with Gasteiger partial charge in [0.15, 0.2) is 5.78 Å². The Morgan fingerprint density at radius 3 is 2.20 bits per heavy atom. The first-order valence-corrected chi connectivity index (χ1v) is 9.03. The molecule has 0 aromatic carbocycles. The van der Waals surface area contributed by atoms with Crippen molar-refractivity contribution >= 4 is 11.8 Å². The van der Waals surface area contributed by atoms with Gasteiger partial charge in [0.1, 0.15) is 12.2 Å². The van der Waals surface area contributed by atoms with E-state index in [1.165, 1.54) is 6.92 Å². The molecule has 6 atom stereocenters. The van der Waals surface area contributed by atoms with Gasteiger partial charge < -0.3 is 14.9 Å². The highest BCUT2D eigenvalue weighted by Crippen LogP contribution is 2.23. The van der Waals surface area contributed by atoms with Crippen LogP contribution in [0.1, 0.15) is 54.4 Å². The second-order valence-electron chi connectivity index (χ2n) is 7.35. The lowest BCUT2D eigenvalue weighted by molar-refractivity contribution is -0.161. The number of cyclic esters (lactones) is 1. The Kier molecular flexibility index (Phi) is 8.03. The normalized spacial score (nSPS) is 36.2. The number of carbonyl (C=O) groups excluding carboxylic acids is 2. The number of aliphatic hydroxyl groups excluding tert-OH is 2. The van der Waals surface area contributed by atoms with E-state index in [9.17, 15) is 19.8 Å². The van der Waals surface area contributed by atoms with E-state index in [0.717, 1.165) is 11.1 Å². The van der Waals surface area contributed by atoms with Gasteiger partial charge in [-0.1, -0.05) is 38.5 Å². The maximum absolute atomic E-state index is 12.3. The molecule has 2 N–H and O–H groups in total. The van der Waals surface area contributed by atoms with Crippen molar-refractivity contribution in [2.24, 2.45) is 17.8 Å². The summed E-state index contributed by atoms with van der Waals surface area (Å²) in [5.74, 6) is -2.12. The summed E-state index contributed by atoms with van der Waals surface area (Å²) >= 11 is 0. The van der Waals surface area contributed by atoms with E-state index >= 15 is 0 Å². The molecule has 0 aromatic rings. The summed E-state index contributed by atoms with van der Waals surface area (Å²) in [5, 5.41) is 20.7. The number of Topliss-reactive ketones (excluding diaryl/α,β-unsaturated/α-hetero) is 1. The molecule has 0 aromatic heterocycles. The summed E-state index contributed by atoms with van der Waals surface area (Å²) in [4.78, 5) is 24.6. The molecule has 5 heteroatoms. The standard InChI is InChI=1S/C20H32O5/c1-7-17-12(3)10-14(5)18(22)13(4)8-11(2)9-16(21)19(23)15(6)20(24)25-17/h8,10,12-13,15,17-19,22-23H,7,9H2,1-6H3/t12-,13+,15-,17-,18+,19-/m1/s1. The van der Waals surface area contributed by atoms with Crippen LogP contribution < -0.4 is 0 Å². The second kappa shape index (κ2) is 9.30. The van der Waals surface area contributed by atoms with Crippen LogP contribution in [0.3, 0.4) is 0 Å². The molecule has 0 spiro atoms. The number of ketones is 1. The van der Waals surface area contributed by atoms with Gasteiger partial charge in [-0.2, -0.15) is 0 Å². The Morgan fingerprint density at radius 1 is 1.04 bits per heavy atom. The molecule has 25 heavy (non-hydrogen) atoms. The molecule has 1 heterocycles. The van der Waals surface area contributed by atoms with Gasteiger partial charge in [-0.15, -0.1) is 0 Å². The summed E-state index contributed by atoms with van der Waals surface area (Å²) in [6, 6.07) is 0. The lowest BCUT2D eigenvalue weighted by atomic mass is 9.90. The van der Waals surface area contributed by atoms with Crippen molar-refractivity contribution in [1.29, 1.82) is 0 Å². The van der Waals surface area contributed by atoms with E-state index < -0.39 is 29.9 Å². The Bertz CT molecular complexity index is 548. The third-order valence-electron chi connectivity index (χ3n) is 4.92. The lowest BCUT2D eigenvalue weighted by Gasteiger charge is -2.26. The fourth-order valence-electron chi connectivity index (χ4n) is 3.24. The first kappa shape index (κ1) is 21.6. The predicted molar refractivity (Wildman–Crippen MR) is 96.8 cm³/mol. The van der Waals surface area contributed by atoms with Crippen LogP contribution in [0.2, 0.25) is 0 Å². The van der Waals surface area contributed by atoms with Crippen LogP contribution in [0.4, 0.5) is 0 Å². The summed E-state index contributed by atoms with van der Waals surface area (Å²) in [5.41, 5.74) is 1.58. The molecule has 0 fully saturated rings. The van der Waals surface area contributed by atoms with Gasteiger partial charge in [-0.25, -0.2) is 0 Å². The van der Waals surface area contributed by atoms with Gasteiger partial charge >= 0.3 is 5.97 Å². The molecule has 5 nitrogen and oxygen atoms in total. The zero-order valence-electron chi connectivity index (χ0n) is 16.2. The van der Waals surface area contributed by atoms with E-state index in [4.69, 9.17) is 4.74 Å². The molecule has 0 saturated heterocycles. The second-order valence-corrected chi connectivity index (χ2v) is 7.35. The number of hydrogen-bond acceptors (Lipinski definition) is 5. The van der Waals surface area contributed by atoms with Gasteiger partial charge in [-0.3, -0.25) is 9.59 Å². The summed E-state index contributed by atoms with van der Waals surface area (Å²) in [6.07, 6.45) is 2.02. The molecule has 0 saturated carbocycles. The van der Waals surface area contributed by atoms with Gasteiger partial charge in [0.05, 0.1) is 12.0 Å². The van der Waals surface area contributed by atoms with Crippen LogP contribution in [0.15, 0.2) is 23.3 Å². The minimum atomic E-state index is -1.39. The molecule has 0 unspecified atom stereocenters. The highest BCUT2D eigenvalue weighted by atomic mass is 16.5. The SMILES string of the molecule is CC[C@H]1OC(=O)[C@H](C)[C@@H](O)C(=O)CC(C)=C[C@H](C)[C@H](O)C(C)=C[C@H]1C. The number of allylic oxidation sites excluding steroid dienone is 1. The van der Waals surface area contributed by atoms with E-state index in [1.54, 1.807) is 6.92 Å². The van der Waals surface area contributed by atoms with Crippen molar-refractivity contribution < 1.29 is 24.5 Å². The monoisotopic (exact) mass is 352 g/mol. The van der Waals surface area contributed by atoms with Gasteiger partial charge in [0.25, 0.3) is 0 Å². The number of esters is 1. The number of ether oxygens (including phenoxy) is 1. The van der Waals surface area contributed by atoms with Crippen LogP contribution in [0.5, 0.6) is 0 Å². The van der Waals surface area contributed by atoms with E-state index in [-0.39, 0.29) is 24.4 Å². The highest BCUT2D eigenvalue weighted by molar-refractivity contribution is 5.89. The Morgan fingerprint density at radius 2 is 1.64 bits per heavy atom. The smallest absolute Gasteiger partial charge is 0.312 e. The van der Waals surface area contributed by atoms with Crippen LogP contribution in [-0.2, 0) is 14.3 Å². The molecular formula is C20H32O5.